The highest BCUT2D eigenvalue weighted by Crippen LogP contribution is 2.30. The molecular weight excluding hydrogens is 388 g/mol. The van der Waals surface area contributed by atoms with Gasteiger partial charge in [0.2, 0.25) is 5.82 Å². The molecule has 3 heterocycles. The van der Waals surface area contributed by atoms with Crippen LogP contribution in [0.15, 0.2) is 29.1 Å². The van der Waals surface area contributed by atoms with Gasteiger partial charge in [-0.2, -0.15) is 0 Å². The number of fused-ring (bicyclic) bond motifs is 1. The summed E-state index contributed by atoms with van der Waals surface area (Å²) in [6.07, 6.45) is 8.30. The maximum absolute atomic E-state index is 13.4. The van der Waals surface area contributed by atoms with Crippen molar-refractivity contribution in [2.24, 2.45) is 5.92 Å². The highest BCUT2D eigenvalue weighted by molar-refractivity contribution is 5.82. The second kappa shape index (κ2) is 8.54. The zero-order valence-corrected chi connectivity index (χ0v) is 18.6. The first-order valence-corrected chi connectivity index (χ1v) is 11.9. The number of rotatable bonds is 4. The number of aromatic nitrogens is 5. The van der Waals surface area contributed by atoms with E-state index in [9.17, 15) is 4.79 Å². The van der Waals surface area contributed by atoms with Crippen LogP contribution in [-0.4, -0.2) is 38.3 Å². The number of para-hydroxylation sites is 1. The fraction of sp³-hybridized carbons (Fsp3) is 0.583. The number of benzene rings is 1. The summed E-state index contributed by atoms with van der Waals surface area (Å²) < 4.78 is 2.05. The van der Waals surface area contributed by atoms with Crippen molar-refractivity contribution in [2.75, 3.05) is 13.1 Å². The van der Waals surface area contributed by atoms with Crippen LogP contribution in [0.3, 0.4) is 0 Å². The number of hydrogen-bond acceptors (Lipinski definition) is 4. The number of aromatic amines is 1. The van der Waals surface area contributed by atoms with Crippen LogP contribution < -0.4 is 10.5 Å². The summed E-state index contributed by atoms with van der Waals surface area (Å²) >= 11 is 0. The van der Waals surface area contributed by atoms with Gasteiger partial charge in [-0.25, -0.2) is 4.68 Å². The molecule has 31 heavy (non-hydrogen) atoms. The van der Waals surface area contributed by atoms with Crippen LogP contribution in [0, 0.1) is 12.8 Å². The van der Waals surface area contributed by atoms with Crippen molar-refractivity contribution < 1.29 is 4.90 Å². The molecule has 0 bridgehead atoms. The fourth-order valence-corrected chi connectivity index (χ4v) is 5.55. The highest BCUT2D eigenvalue weighted by Gasteiger charge is 2.37. The van der Waals surface area contributed by atoms with Crippen LogP contribution in [0.1, 0.15) is 80.9 Å². The van der Waals surface area contributed by atoms with E-state index in [0.29, 0.717) is 6.04 Å². The molecule has 0 spiro atoms. The molecule has 7 heteroatoms. The summed E-state index contributed by atoms with van der Waals surface area (Å²) in [6, 6.07) is 8.45. The third kappa shape index (κ3) is 3.91. The van der Waals surface area contributed by atoms with Gasteiger partial charge < -0.3 is 9.88 Å². The molecule has 5 rings (SSSR count). The maximum atomic E-state index is 13.4. The molecule has 7 nitrogen and oxygen atoms in total. The first-order valence-electron chi connectivity index (χ1n) is 11.9. The summed E-state index contributed by atoms with van der Waals surface area (Å²) in [5.74, 6) is 1.59. The van der Waals surface area contributed by atoms with E-state index in [0.717, 1.165) is 59.7 Å². The normalized spacial score (nSPS) is 23.8. The second-order valence-electron chi connectivity index (χ2n) is 9.64. The smallest absolute Gasteiger partial charge is 0.258 e. The van der Waals surface area contributed by atoms with Gasteiger partial charge in [0, 0.05) is 0 Å². The van der Waals surface area contributed by atoms with Gasteiger partial charge in [-0.1, -0.05) is 44.4 Å². The Kier molecular flexibility index (Phi) is 5.61. The number of piperidine rings is 1. The Morgan fingerprint density at radius 2 is 1.90 bits per heavy atom. The molecule has 1 saturated carbocycles. The first-order chi connectivity index (χ1) is 15.1. The van der Waals surface area contributed by atoms with Crippen LogP contribution in [0.2, 0.25) is 0 Å². The largest absolute Gasteiger partial charge is 0.322 e. The number of likely N-dealkylation sites (tertiary alicyclic amines) is 1. The number of pyridine rings is 1. The zero-order chi connectivity index (χ0) is 21.4. The van der Waals surface area contributed by atoms with Gasteiger partial charge in [-0.05, 0) is 66.0 Å². The van der Waals surface area contributed by atoms with Crippen LogP contribution in [0.5, 0.6) is 0 Å². The van der Waals surface area contributed by atoms with Gasteiger partial charge in [0.15, 0.2) is 6.04 Å². The molecule has 1 aliphatic carbocycles. The predicted octanol–water partition coefficient (Wildman–Crippen LogP) is 2.73. The van der Waals surface area contributed by atoms with Gasteiger partial charge in [-0.15, -0.1) is 5.10 Å². The molecule has 2 fully saturated rings. The quantitative estimate of drug-likeness (QED) is 0.679. The monoisotopic (exact) mass is 421 g/mol. The van der Waals surface area contributed by atoms with E-state index in [1.807, 2.05) is 13.0 Å². The Balaban J connectivity index is 1.63. The molecule has 1 saturated heterocycles. The minimum absolute atomic E-state index is 0.0175. The zero-order valence-electron chi connectivity index (χ0n) is 18.6. The van der Waals surface area contributed by atoms with E-state index < -0.39 is 0 Å². The molecule has 2 aromatic heterocycles. The Labute approximate surface area is 182 Å². The van der Waals surface area contributed by atoms with Crippen LogP contribution in [0.4, 0.5) is 0 Å². The number of H-pyrrole nitrogens is 1. The van der Waals surface area contributed by atoms with Crippen molar-refractivity contribution in [3.63, 3.8) is 0 Å². The third-order valence-electron chi connectivity index (χ3n) is 7.45. The average molecular weight is 422 g/mol. The lowest BCUT2D eigenvalue weighted by Crippen LogP contribution is -3.13. The molecule has 2 N–H and O–H groups in total. The van der Waals surface area contributed by atoms with Gasteiger partial charge in [0.25, 0.3) is 5.56 Å². The van der Waals surface area contributed by atoms with E-state index in [2.05, 4.69) is 50.3 Å². The SMILES string of the molecule is Cc1cccc2cc([C@@H](c3nnnn3C3CCCCC3)[NH+]3CCC(C)CC3)c(=O)[nH]c12. The number of nitrogens with zero attached hydrogens (tertiary/aromatic N) is 4. The van der Waals surface area contributed by atoms with Crippen LogP contribution in [0.25, 0.3) is 10.9 Å². The van der Waals surface area contributed by atoms with Crippen molar-refractivity contribution in [1.82, 2.24) is 25.2 Å². The van der Waals surface area contributed by atoms with Crippen molar-refractivity contribution in [2.45, 2.75) is 70.9 Å². The molecule has 1 aromatic carbocycles. The van der Waals surface area contributed by atoms with Crippen molar-refractivity contribution in [3.8, 4) is 0 Å². The summed E-state index contributed by atoms with van der Waals surface area (Å²) in [5, 5.41) is 14.1. The number of tetrazole rings is 1. The Morgan fingerprint density at radius 3 is 2.68 bits per heavy atom. The minimum atomic E-state index is -0.141. The molecule has 3 aromatic rings. The average Bonchev–Trinajstić information content (AvgIpc) is 3.26. The van der Waals surface area contributed by atoms with Crippen molar-refractivity contribution in [3.05, 3.63) is 51.6 Å². The van der Waals surface area contributed by atoms with Gasteiger partial charge in [0.05, 0.1) is 30.2 Å². The standard InChI is InChI=1S/C24H32N6O/c1-16-11-13-29(14-12-16)22(23-26-27-28-30(23)19-9-4-3-5-10-19)20-15-18-8-6-7-17(2)21(18)25-24(20)31/h6-8,15-16,19,22H,3-5,9-14H2,1-2H3,(H,25,31)/p+1/t22-/m0/s1. The summed E-state index contributed by atoms with van der Waals surface area (Å²) in [4.78, 5) is 17.9. The van der Waals surface area contributed by atoms with E-state index in [1.165, 1.54) is 37.0 Å². The van der Waals surface area contributed by atoms with Crippen molar-refractivity contribution in [1.29, 1.82) is 0 Å². The topological polar surface area (TPSA) is 80.9 Å². The number of hydrogen-bond donors (Lipinski definition) is 2. The maximum Gasteiger partial charge on any atom is 0.258 e. The lowest BCUT2D eigenvalue weighted by atomic mass is 9.93. The molecular formula is C24H33N6O+. The number of quaternary nitrogens is 1. The van der Waals surface area contributed by atoms with Crippen LogP contribution >= 0.6 is 0 Å². The van der Waals surface area contributed by atoms with Crippen molar-refractivity contribution >= 4 is 10.9 Å². The van der Waals surface area contributed by atoms with Gasteiger partial charge in [-0.3, -0.25) is 4.79 Å². The van der Waals surface area contributed by atoms with E-state index in [-0.39, 0.29) is 11.6 Å². The second-order valence-corrected chi connectivity index (χ2v) is 9.64. The lowest BCUT2D eigenvalue weighted by molar-refractivity contribution is -0.932. The van der Waals surface area contributed by atoms with Gasteiger partial charge >= 0.3 is 0 Å². The molecule has 0 amide bonds. The van der Waals surface area contributed by atoms with E-state index >= 15 is 0 Å². The Bertz CT molecular complexity index is 1100. The lowest BCUT2D eigenvalue weighted by Gasteiger charge is -2.34. The minimum Gasteiger partial charge on any atom is -0.322 e. The summed E-state index contributed by atoms with van der Waals surface area (Å²) in [7, 11) is 0. The summed E-state index contributed by atoms with van der Waals surface area (Å²) in [5.41, 5.74) is 2.78. The van der Waals surface area contributed by atoms with Gasteiger partial charge in [0.1, 0.15) is 0 Å². The van der Waals surface area contributed by atoms with E-state index in [4.69, 9.17) is 0 Å². The molecule has 0 unspecified atom stereocenters. The third-order valence-corrected chi connectivity index (χ3v) is 7.45. The Hall–Kier alpha value is -2.54. The number of aryl methyl sites for hydroxylation is 1. The predicted molar refractivity (Wildman–Crippen MR) is 120 cm³/mol. The molecule has 1 atom stereocenters. The first kappa shape index (κ1) is 20.4. The Morgan fingerprint density at radius 1 is 1.13 bits per heavy atom. The molecule has 164 valence electrons. The van der Waals surface area contributed by atoms with Crippen LogP contribution in [-0.2, 0) is 0 Å². The highest BCUT2D eigenvalue weighted by atomic mass is 16.1. The fourth-order valence-electron chi connectivity index (χ4n) is 5.55. The van der Waals surface area contributed by atoms with E-state index in [1.54, 1.807) is 0 Å². The molecule has 1 aliphatic heterocycles. The molecule has 0 radical (unpaired) electrons. The summed E-state index contributed by atoms with van der Waals surface area (Å²) in [6.45, 7) is 6.43. The number of nitrogens with one attached hydrogen (secondary N) is 2. The molecule has 2 aliphatic rings.